The first-order valence-corrected chi connectivity index (χ1v) is 9.07. The average molecular weight is 342 g/mol. The van der Waals surface area contributed by atoms with Crippen LogP contribution in [0.4, 0.5) is 5.69 Å². The first kappa shape index (κ1) is 19.0. The van der Waals surface area contributed by atoms with Crippen LogP contribution in [-0.4, -0.2) is 46.7 Å². The number of carbonyl (C=O) groups is 2. The Morgan fingerprint density at radius 2 is 2.00 bits per heavy atom. The van der Waals surface area contributed by atoms with E-state index >= 15 is 0 Å². The number of nitrogens with one attached hydrogen (secondary N) is 1. The number of ether oxygens (including phenoxy) is 1. The van der Waals surface area contributed by atoms with E-state index in [-0.39, 0.29) is 24.6 Å². The second-order valence-electron chi connectivity index (χ2n) is 4.98. The van der Waals surface area contributed by atoms with Gasteiger partial charge in [0.15, 0.2) is 0 Å². The minimum absolute atomic E-state index is 0.0823. The van der Waals surface area contributed by atoms with Crippen molar-refractivity contribution in [1.82, 2.24) is 5.32 Å². The number of hydrogen-bond acceptors (Lipinski definition) is 5. The Morgan fingerprint density at radius 3 is 2.57 bits per heavy atom. The molecule has 0 saturated carbocycles. The summed E-state index contributed by atoms with van der Waals surface area (Å²) < 4.78 is 29.7. The third-order valence-electron chi connectivity index (χ3n) is 3.07. The molecule has 0 spiro atoms. The van der Waals surface area contributed by atoms with Crippen LogP contribution >= 0.6 is 0 Å². The van der Waals surface area contributed by atoms with Crippen LogP contribution in [0.5, 0.6) is 0 Å². The molecule has 1 N–H and O–H groups in total. The Balaban J connectivity index is 2.91. The van der Waals surface area contributed by atoms with Crippen LogP contribution in [0.1, 0.15) is 30.1 Å². The lowest BCUT2D eigenvalue weighted by Crippen LogP contribution is -2.38. The minimum Gasteiger partial charge on any atom is -0.465 e. The molecule has 0 saturated heterocycles. The second kappa shape index (κ2) is 8.52. The van der Waals surface area contributed by atoms with E-state index in [1.165, 1.54) is 13.2 Å². The van der Waals surface area contributed by atoms with Crippen molar-refractivity contribution in [2.75, 3.05) is 30.8 Å². The molecule has 8 heteroatoms. The lowest BCUT2D eigenvalue weighted by molar-refractivity contribution is -0.121. The largest absolute Gasteiger partial charge is 0.465 e. The van der Waals surface area contributed by atoms with Gasteiger partial charge in [-0.3, -0.25) is 9.10 Å². The van der Waals surface area contributed by atoms with Gasteiger partial charge in [0, 0.05) is 13.0 Å². The van der Waals surface area contributed by atoms with Crippen LogP contribution in [0.3, 0.4) is 0 Å². The third kappa shape index (κ3) is 5.90. The number of methoxy groups -OCH3 is 1. The quantitative estimate of drug-likeness (QED) is 0.716. The van der Waals surface area contributed by atoms with Gasteiger partial charge in [-0.2, -0.15) is 0 Å². The van der Waals surface area contributed by atoms with E-state index in [9.17, 15) is 18.0 Å². The van der Waals surface area contributed by atoms with E-state index in [1.807, 2.05) is 6.92 Å². The maximum Gasteiger partial charge on any atom is 0.337 e. The number of esters is 1. The minimum atomic E-state index is -3.55. The first-order chi connectivity index (χ1) is 10.8. The van der Waals surface area contributed by atoms with Crippen molar-refractivity contribution in [3.8, 4) is 0 Å². The number of anilines is 1. The zero-order valence-electron chi connectivity index (χ0n) is 13.5. The number of sulfonamides is 1. The van der Waals surface area contributed by atoms with Crippen molar-refractivity contribution in [3.05, 3.63) is 29.8 Å². The number of benzene rings is 1. The smallest absolute Gasteiger partial charge is 0.337 e. The van der Waals surface area contributed by atoms with Gasteiger partial charge < -0.3 is 10.1 Å². The van der Waals surface area contributed by atoms with Crippen LogP contribution < -0.4 is 9.62 Å². The fraction of sp³-hybridized carbons (Fsp3) is 0.467. The summed E-state index contributed by atoms with van der Waals surface area (Å²) in [7, 11) is -2.29. The molecule has 0 bridgehead atoms. The van der Waals surface area contributed by atoms with Gasteiger partial charge in [0.05, 0.1) is 31.2 Å². The van der Waals surface area contributed by atoms with Crippen LogP contribution in [0.2, 0.25) is 0 Å². The molecule has 128 valence electrons. The van der Waals surface area contributed by atoms with E-state index in [2.05, 4.69) is 10.1 Å². The fourth-order valence-electron chi connectivity index (χ4n) is 2.00. The van der Waals surface area contributed by atoms with Gasteiger partial charge >= 0.3 is 5.97 Å². The van der Waals surface area contributed by atoms with E-state index in [0.29, 0.717) is 12.1 Å². The molecule has 0 aromatic heterocycles. The molecule has 0 aliphatic rings. The van der Waals surface area contributed by atoms with Crippen molar-refractivity contribution >= 4 is 27.6 Å². The lowest BCUT2D eigenvalue weighted by Gasteiger charge is -2.23. The highest BCUT2D eigenvalue weighted by atomic mass is 32.2. The first-order valence-electron chi connectivity index (χ1n) is 7.22. The molecule has 0 aliphatic carbocycles. The Morgan fingerprint density at radius 1 is 1.30 bits per heavy atom. The molecular weight excluding hydrogens is 320 g/mol. The molecule has 0 fully saturated rings. The number of hydrogen-bond donors (Lipinski definition) is 1. The van der Waals surface area contributed by atoms with Gasteiger partial charge in [-0.1, -0.05) is 13.0 Å². The molecule has 0 unspecified atom stereocenters. The van der Waals surface area contributed by atoms with Gasteiger partial charge in [0.2, 0.25) is 15.9 Å². The Hall–Kier alpha value is -2.09. The van der Waals surface area contributed by atoms with Gasteiger partial charge in [-0.05, 0) is 24.6 Å². The molecule has 23 heavy (non-hydrogen) atoms. The van der Waals surface area contributed by atoms with Gasteiger partial charge in [0.25, 0.3) is 0 Å². The highest BCUT2D eigenvalue weighted by Gasteiger charge is 2.18. The molecular formula is C15H22N2O5S. The highest BCUT2D eigenvalue weighted by Crippen LogP contribution is 2.19. The van der Waals surface area contributed by atoms with Crippen LogP contribution in [0.15, 0.2) is 24.3 Å². The summed E-state index contributed by atoms with van der Waals surface area (Å²) in [6.07, 6.45) is 2.20. The Labute approximate surface area is 136 Å². The normalized spacial score (nSPS) is 10.9. The van der Waals surface area contributed by atoms with Crippen molar-refractivity contribution in [2.24, 2.45) is 0 Å². The summed E-state index contributed by atoms with van der Waals surface area (Å²) in [5.74, 6) is -0.666. The third-order valence-corrected chi connectivity index (χ3v) is 4.26. The van der Waals surface area contributed by atoms with Gasteiger partial charge in [-0.15, -0.1) is 0 Å². The molecule has 7 nitrogen and oxygen atoms in total. The molecule has 0 radical (unpaired) electrons. The summed E-state index contributed by atoms with van der Waals surface area (Å²) in [5.41, 5.74) is 0.605. The summed E-state index contributed by atoms with van der Waals surface area (Å²) >= 11 is 0. The average Bonchev–Trinajstić information content (AvgIpc) is 2.50. The van der Waals surface area contributed by atoms with E-state index in [4.69, 9.17) is 0 Å². The highest BCUT2D eigenvalue weighted by molar-refractivity contribution is 7.92. The molecule has 0 atom stereocenters. The molecule has 0 heterocycles. The van der Waals surface area contributed by atoms with Crippen LogP contribution in [0, 0.1) is 0 Å². The van der Waals surface area contributed by atoms with Crippen LogP contribution in [-0.2, 0) is 19.6 Å². The molecule has 0 aliphatic heterocycles. The van der Waals surface area contributed by atoms with Crippen molar-refractivity contribution in [3.63, 3.8) is 0 Å². The maximum atomic E-state index is 12.0. The van der Waals surface area contributed by atoms with E-state index in [0.717, 1.165) is 17.0 Å². The number of carbonyl (C=O) groups excluding carboxylic acids is 2. The maximum absolute atomic E-state index is 12.0. The van der Waals surface area contributed by atoms with Crippen LogP contribution in [0.25, 0.3) is 0 Å². The number of nitrogens with zero attached hydrogens (tertiary/aromatic N) is 1. The standard InChI is InChI=1S/C15H22N2O5S/c1-4-6-14(18)16-9-10-17(23(3,20)21)13-8-5-7-12(11-13)15(19)22-2/h5,7-8,11H,4,6,9-10H2,1-3H3,(H,16,18). The zero-order chi connectivity index (χ0) is 17.5. The molecule has 1 rings (SSSR count). The fourth-order valence-corrected chi connectivity index (χ4v) is 2.92. The summed E-state index contributed by atoms with van der Waals surface area (Å²) in [6, 6.07) is 6.15. The monoisotopic (exact) mass is 342 g/mol. The zero-order valence-corrected chi connectivity index (χ0v) is 14.4. The number of rotatable bonds is 8. The van der Waals surface area contributed by atoms with E-state index < -0.39 is 16.0 Å². The Kier molecular flexibility index (Phi) is 7.02. The SMILES string of the molecule is CCCC(=O)NCCN(c1cccc(C(=O)OC)c1)S(C)(=O)=O. The molecule has 1 aromatic carbocycles. The molecule has 1 aromatic rings. The topological polar surface area (TPSA) is 92.8 Å². The predicted molar refractivity (Wildman–Crippen MR) is 87.9 cm³/mol. The predicted octanol–water partition coefficient (Wildman–Crippen LogP) is 1.16. The second-order valence-corrected chi connectivity index (χ2v) is 6.88. The lowest BCUT2D eigenvalue weighted by atomic mass is 10.2. The van der Waals surface area contributed by atoms with E-state index in [1.54, 1.807) is 18.2 Å². The summed E-state index contributed by atoms with van der Waals surface area (Å²) in [5, 5.41) is 2.67. The van der Waals surface area contributed by atoms with Gasteiger partial charge in [-0.25, -0.2) is 13.2 Å². The summed E-state index contributed by atoms with van der Waals surface area (Å²) in [4.78, 5) is 23.0. The van der Waals surface area contributed by atoms with Crippen molar-refractivity contribution in [1.29, 1.82) is 0 Å². The van der Waals surface area contributed by atoms with Crippen molar-refractivity contribution in [2.45, 2.75) is 19.8 Å². The molecule has 1 amide bonds. The summed E-state index contributed by atoms with van der Waals surface area (Å²) in [6.45, 7) is 2.16. The number of amides is 1. The van der Waals surface area contributed by atoms with Gasteiger partial charge in [0.1, 0.15) is 0 Å². The Bertz CT molecular complexity index is 658. The van der Waals surface area contributed by atoms with Crippen molar-refractivity contribution < 1.29 is 22.7 Å².